The number of amidine groups is 1. The van der Waals surface area contributed by atoms with Crippen LogP contribution in [0.4, 0.5) is 5.69 Å². The number of aliphatic imine (C=N–C) groups is 1. The Hall–Kier alpha value is -1.93. The highest BCUT2D eigenvalue weighted by atomic mass is 32.2. The second kappa shape index (κ2) is 4.93. The topological polar surface area (TPSA) is 64.0 Å². The molecule has 0 aliphatic carbocycles. The van der Waals surface area contributed by atoms with Gasteiger partial charge in [-0.3, -0.25) is 5.32 Å². The van der Waals surface area contributed by atoms with Gasteiger partial charge in [-0.1, -0.05) is 11.8 Å². The fraction of sp³-hybridized carbons (Fsp3) is 0.167. The van der Waals surface area contributed by atoms with Gasteiger partial charge in [0, 0.05) is 17.1 Å². The average molecular weight is 244 g/mol. The van der Waals surface area contributed by atoms with E-state index < -0.39 is 0 Å². The zero-order chi connectivity index (χ0) is 12.3. The molecule has 86 valence electrons. The summed E-state index contributed by atoms with van der Waals surface area (Å²) in [5.41, 5.74) is 3.08. The quantitative estimate of drug-likeness (QED) is 0.351. The van der Waals surface area contributed by atoms with Gasteiger partial charge in [0.2, 0.25) is 0 Å². The van der Waals surface area contributed by atoms with Gasteiger partial charge >= 0.3 is 0 Å². The molecule has 0 aliphatic rings. The number of aromatic amines is 1. The Morgan fingerprint density at radius 1 is 1.47 bits per heavy atom. The van der Waals surface area contributed by atoms with E-state index in [2.05, 4.69) is 15.3 Å². The Labute approximate surface area is 104 Å². The molecule has 0 atom stereocenters. The average Bonchev–Trinajstić information content (AvgIpc) is 2.80. The predicted molar refractivity (Wildman–Crippen MR) is 72.4 cm³/mol. The number of fused-ring (bicyclic) bond motifs is 1. The molecule has 0 spiro atoms. The number of aryl methyl sites for hydroxylation is 1. The van der Waals surface area contributed by atoms with Gasteiger partial charge in [-0.2, -0.15) is 5.26 Å². The van der Waals surface area contributed by atoms with Crippen LogP contribution in [0, 0.1) is 18.4 Å². The summed E-state index contributed by atoms with van der Waals surface area (Å²) in [6, 6.07) is 5.97. The van der Waals surface area contributed by atoms with Crippen LogP contribution in [-0.2, 0) is 0 Å². The molecular formula is C12H12N4S. The maximum atomic E-state index is 8.59. The second-order valence-corrected chi connectivity index (χ2v) is 4.30. The molecule has 0 amide bonds. The smallest absolute Gasteiger partial charge is 0.183 e. The summed E-state index contributed by atoms with van der Waals surface area (Å²) in [5, 5.41) is 12.9. The van der Waals surface area contributed by atoms with Crippen molar-refractivity contribution in [2.45, 2.75) is 6.92 Å². The molecule has 2 aromatic rings. The lowest BCUT2D eigenvalue weighted by Crippen LogP contribution is -2.12. The number of rotatable bonds is 1. The van der Waals surface area contributed by atoms with Crippen molar-refractivity contribution >= 4 is 33.5 Å². The van der Waals surface area contributed by atoms with Gasteiger partial charge in [-0.15, -0.1) is 0 Å². The van der Waals surface area contributed by atoms with E-state index in [9.17, 15) is 0 Å². The molecule has 0 bridgehead atoms. The van der Waals surface area contributed by atoms with E-state index in [1.54, 1.807) is 0 Å². The number of nitrogens with zero attached hydrogens (tertiary/aromatic N) is 2. The highest BCUT2D eigenvalue weighted by Crippen LogP contribution is 2.27. The van der Waals surface area contributed by atoms with Crippen LogP contribution in [0.15, 0.2) is 29.4 Å². The van der Waals surface area contributed by atoms with Gasteiger partial charge in [-0.05, 0) is 36.9 Å². The molecular weight excluding hydrogens is 232 g/mol. The number of nitriles is 1. The van der Waals surface area contributed by atoms with Gasteiger partial charge in [0.25, 0.3) is 0 Å². The van der Waals surface area contributed by atoms with E-state index in [4.69, 9.17) is 5.26 Å². The zero-order valence-electron chi connectivity index (χ0n) is 9.61. The fourth-order valence-electron chi connectivity index (χ4n) is 1.68. The van der Waals surface area contributed by atoms with Crippen LogP contribution in [-0.4, -0.2) is 16.4 Å². The van der Waals surface area contributed by atoms with Crippen LogP contribution in [0.5, 0.6) is 0 Å². The third-order valence-electron chi connectivity index (χ3n) is 2.55. The van der Waals surface area contributed by atoms with E-state index in [-0.39, 0.29) is 0 Å². The van der Waals surface area contributed by atoms with Crippen molar-refractivity contribution in [2.24, 2.45) is 4.99 Å². The monoisotopic (exact) mass is 244 g/mol. The number of aromatic nitrogens is 1. The number of benzene rings is 1. The SMILES string of the molecule is CSC(=Nc1ccc2[nH]ccc2c1C)NC#N. The molecule has 0 unspecified atom stereocenters. The lowest BCUT2D eigenvalue weighted by atomic mass is 10.1. The van der Waals surface area contributed by atoms with Crippen LogP contribution in [0.25, 0.3) is 10.9 Å². The lowest BCUT2D eigenvalue weighted by Gasteiger charge is -2.04. The second-order valence-electron chi connectivity index (χ2n) is 3.51. The van der Waals surface area contributed by atoms with Gasteiger partial charge in [0.1, 0.15) is 0 Å². The highest BCUT2D eigenvalue weighted by Gasteiger charge is 2.04. The summed E-state index contributed by atoms with van der Waals surface area (Å²) in [4.78, 5) is 7.59. The zero-order valence-corrected chi connectivity index (χ0v) is 10.4. The molecule has 0 saturated carbocycles. The molecule has 5 heteroatoms. The molecule has 0 aliphatic heterocycles. The summed E-state index contributed by atoms with van der Waals surface area (Å²) < 4.78 is 0. The Morgan fingerprint density at radius 3 is 3.00 bits per heavy atom. The van der Waals surface area contributed by atoms with Crippen LogP contribution in [0.2, 0.25) is 0 Å². The molecule has 2 N–H and O–H groups in total. The molecule has 2 rings (SSSR count). The first-order chi connectivity index (χ1) is 8.26. The summed E-state index contributed by atoms with van der Waals surface area (Å²) in [7, 11) is 0. The summed E-state index contributed by atoms with van der Waals surface area (Å²) in [6.45, 7) is 2.03. The van der Waals surface area contributed by atoms with Gasteiger partial charge in [0.15, 0.2) is 11.4 Å². The summed E-state index contributed by atoms with van der Waals surface area (Å²) in [5.74, 6) is 0. The molecule has 17 heavy (non-hydrogen) atoms. The first kappa shape index (κ1) is 11.6. The normalized spacial score (nSPS) is 11.5. The Kier molecular flexibility index (Phi) is 3.35. The maximum absolute atomic E-state index is 8.59. The number of thioether (sulfide) groups is 1. The highest BCUT2D eigenvalue weighted by molar-refractivity contribution is 8.13. The standard InChI is InChI=1S/C12H12N4S/c1-8-9-5-6-14-11(9)4-3-10(8)16-12(17-2)15-7-13/h3-6,14H,1-2H3,(H,15,16). The van der Waals surface area contributed by atoms with Crippen molar-refractivity contribution < 1.29 is 0 Å². The van der Waals surface area contributed by atoms with E-state index >= 15 is 0 Å². The number of hydrogen-bond donors (Lipinski definition) is 2. The summed E-state index contributed by atoms with van der Waals surface area (Å²) >= 11 is 1.41. The van der Waals surface area contributed by atoms with Crippen molar-refractivity contribution in [3.63, 3.8) is 0 Å². The van der Waals surface area contributed by atoms with Crippen molar-refractivity contribution in [1.82, 2.24) is 10.3 Å². The van der Waals surface area contributed by atoms with Crippen molar-refractivity contribution in [3.05, 3.63) is 30.0 Å². The van der Waals surface area contributed by atoms with Crippen LogP contribution >= 0.6 is 11.8 Å². The first-order valence-corrected chi connectivity index (χ1v) is 6.33. The minimum Gasteiger partial charge on any atom is -0.361 e. The van der Waals surface area contributed by atoms with E-state index in [1.807, 2.05) is 43.8 Å². The third-order valence-corrected chi connectivity index (χ3v) is 3.13. The molecule has 1 aromatic carbocycles. The first-order valence-electron chi connectivity index (χ1n) is 5.10. The van der Waals surface area contributed by atoms with E-state index in [1.165, 1.54) is 11.8 Å². The van der Waals surface area contributed by atoms with Crippen LogP contribution < -0.4 is 5.32 Å². The molecule has 1 aromatic heterocycles. The molecule has 0 fully saturated rings. The largest absolute Gasteiger partial charge is 0.361 e. The number of nitrogens with one attached hydrogen (secondary N) is 2. The number of hydrogen-bond acceptors (Lipinski definition) is 3. The minimum atomic E-state index is 0.602. The predicted octanol–water partition coefficient (Wildman–Crippen LogP) is 2.90. The fourth-order valence-corrected chi connectivity index (χ4v) is 2.01. The van der Waals surface area contributed by atoms with Gasteiger partial charge in [0.05, 0.1) is 5.69 Å². The van der Waals surface area contributed by atoms with Crippen LogP contribution in [0.3, 0.4) is 0 Å². The third kappa shape index (κ3) is 2.27. The summed E-state index contributed by atoms with van der Waals surface area (Å²) in [6.07, 6.45) is 5.68. The van der Waals surface area contributed by atoms with Crippen molar-refractivity contribution in [2.75, 3.05) is 6.26 Å². The van der Waals surface area contributed by atoms with E-state index in [0.717, 1.165) is 22.2 Å². The Bertz CT molecular complexity index is 606. The molecule has 1 heterocycles. The van der Waals surface area contributed by atoms with Gasteiger partial charge < -0.3 is 4.98 Å². The Balaban J connectivity index is 2.48. The maximum Gasteiger partial charge on any atom is 0.183 e. The number of H-pyrrole nitrogens is 1. The molecule has 4 nitrogen and oxygen atoms in total. The van der Waals surface area contributed by atoms with E-state index in [0.29, 0.717) is 5.17 Å². The lowest BCUT2D eigenvalue weighted by molar-refractivity contribution is 1.27. The van der Waals surface area contributed by atoms with Crippen molar-refractivity contribution in [1.29, 1.82) is 5.26 Å². The Morgan fingerprint density at radius 2 is 2.29 bits per heavy atom. The van der Waals surface area contributed by atoms with Crippen molar-refractivity contribution in [3.8, 4) is 6.19 Å². The van der Waals surface area contributed by atoms with Gasteiger partial charge in [-0.25, -0.2) is 4.99 Å². The van der Waals surface area contributed by atoms with Crippen LogP contribution in [0.1, 0.15) is 5.56 Å². The molecule has 0 radical (unpaired) electrons. The molecule has 0 saturated heterocycles. The minimum absolute atomic E-state index is 0.602.